The zero-order chi connectivity index (χ0) is 22.1. The molecule has 1 fully saturated rings. The topological polar surface area (TPSA) is 95.8 Å². The number of anilines is 1. The van der Waals surface area contributed by atoms with E-state index >= 15 is 0 Å². The fourth-order valence-electron chi connectivity index (χ4n) is 3.62. The Kier molecular flexibility index (Phi) is 6.39. The van der Waals surface area contributed by atoms with Gasteiger partial charge in [-0.25, -0.2) is 17.5 Å². The molecule has 0 saturated carbocycles. The number of benzene rings is 2. The number of sulfonamides is 1. The molecule has 1 atom stereocenters. The molecule has 30 heavy (non-hydrogen) atoms. The first-order chi connectivity index (χ1) is 14.1. The van der Waals surface area contributed by atoms with Crippen LogP contribution in [-0.4, -0.2) is 51.5 Å². The number of aryl methyl sites for hydroxylation is 1. The summed E-state index contributed by atoms with van der Waals surface area (Å²) < 4.78 is 42.5. The summed E-state index contributed by atoms with van der Waals surface area (Å²) in [4.78, 5) is 14.6. The van der Waals surface area contributed by atoms with Crippen molar-refractivity contribution in [3.63, 3.8) is 0 Å². The third-order valence-electron chi connectivity index (χ3n) is 5.29. The number of likely N-dealkylation sites (N-methyl/N-ethyl adjacent to an activating group) is 1. The molecule has 162 valence electrons. The Bertz CT molecular complexity index is 1050. The highest BCUT2D eigenvalue weighted by molar-refractivity contribution is 7.89. The summed E-state index contributed by atoms with van der Waals surface area (Å²) in [5.74, 6) is -0.444. The van der Waals surface area contributed by atoms with Crippen LogP contribution in [0, 0.1) is 22.9 Å². The smallest absolute Gasteiger partial charge is 0.269 e. The van der Waals surface area contributed by atoms with Crippen molar-refractivity contribution in [2.75, 3.05) is 38.1 Å². The highest BCUT2D eigenvalue weighted by Crippen LogP contribution is 2.30. The summed E-state index contributed by atoms with van der Waals surface area (Å²) >= 11 is 0. The molecule has 1 aliphatic heterocycles. The standard InChI is InChI=1S/C20H25FN4O4S/c1-14-12-17(25(26)27)5-7-20(14)30(28,29)22-15(2)18-13-16(21)4-6-19(18)24-10-8-23(3)9-11-24/h4-7,12-13,15,22H,8-11H2,1-3H3. The summed E-state index contributed by atoms with van der Waals surface area (Å²) in [6, 6.07) is 7.30. The van der Waals surface area contributed by atoms with Crippen molar-refractivity contribution in [2.24, 2.45) is 0 Å². The van der Waals surface area contributed by atoms with Gasteiger partial charge in [-0.2, -0.15) is 0 Å². The average molecular weight is 437 g/mol. The molecule has 1 saturated heterocycles. The number of non-ortho nitro benzene ring substituents is 1. The molecular weight excluding hydrogens is 411 g/mol. The second-order valence-corrected chi connectivity index (χ2v) is 9.23. The number of rotatable bonds is 6. The van der Waals surface area contributed by atoms with Crippen molar-refractivity contribution in [2.45, 2.75) is 24.8 Å². The third kappa shape index (κ3) is 4.77. The summed E-state index contributed by atoms with van der Waals surface area (Å²) in [5, 5.41) is 10.9. The molecule has 0 aromatic heterocycles. The van der Waals surface area contributed by atoms with Gasteiger partial charge in [0.1, 0.15) is 5.82 Å². The second-order valence-electron chi connectivity index (χ2n) is 7.54. The highest BCUT2D eigenvalue weighted by atomic mass is 32.2. The van der Waals surface area contributed by atoms with Crippen molar-refractivity contribution in [3.05, 3.63) is 63.5 Å². The van der Waals surface area contributed by atoms with Gasteiger partial charge in [-0.3, -0.25) is 10.1 Å². The zero-order valence-corrected chi connectivity index (χ0v) is 17.9. The molecule has 1 N–H and O–H groups in total. The van der Waals surface area contributed by atoms with E-state index in [1.54, 1.807) is 13.0 Å². The number of nitro groups is 1. The van der Waals surface area contributed by atoms with E-state index in [2.05, 4.69) is 14.5 Å². The molecule has 1 unspecified atom stereocenters. The van der Waals surface area contributed by atoms with Crippen LogP contribution in [0.5, 0.6) is 0 Å². The summed E-state index contributed by atoms with van der Waals surface area (Å²) in [6.45, 7) is 6.40. The van der Waals surface area contributed by atoms with Crippen molar-refractivity contribution >= 4 is 21.4 Å². The molecule has 0 spiro atoms. The predicted molar refractivity (Wildman–Crippen MR) is 113 cm³/mol. The van der Waals surface area contributed by atoms with Gasteiger partial charge in [-0.1, -0.05) is 0 Å². The Balaban J connectivity index is 1.89. The van der Waals surface area contributed by atoms with Crippen LogP contribution >= 0.6 is 0 Å². The minimum atomic E-state index is -3.97. The molecule has 2 aromatic carbocycles. The van der Waals surface area contributed by atoms with Gasteiger partial charge in [0.05, 0.1) is 9.82 Å². The van der Waals surface area contributed by atoms with Crippen LogP contribution in [0.4, 0.5) is 15.8 Å². The summed E-state index contributed by atoms with van der Waals surface area (Å²) in [6.07, 6.45) is 0. The lowest BCUT2D eigenvalue weighted by molar-refractivity contribution is -0.385. The van der Waals surface area contributed by atoms with Gasteiger partial charge in [0.2, 0.25) is 10.0 Å². The Morgan fingerprint density at radius 2 is 1.80 bits per heavy atom. The van der Waals surface area contributed by atoms with Gasteiger partial charge >= 0.3 is 0 Å². The average Bonchev–Trinajstić information content (AvgIpc) is 2.68. The Hall–Kier alpha value is -2.56. The summed E-state index contributed by atoms with van der Waals surface area (Å²) in [5.41, 5.74) is 1.42. The van der Waals surface area contributed by atoms with Gasteiger partial charge < -0.3 is 9.80 Å². The van der Waals surface area contributed by atoms with Crippen molar-refractivity contribution < 1.29 is 17.7 Å². The molecule has 10 heteroatoms. The number of hydrogen-bond donors (Lipinski definition) is 1. The first-order valence-electron chi connectivity index (χ1n) is 9.59. The van der Waals surface area contributed by atoms with Crippen LogP contribution in [0.3, 0.4) is 0 Å². The van der Waals surface area contributed by atoms with E-state index in [9.17, 15) is 22.9 Å². The van der Waals surface area contributed by atoms with E-state index < -0.39 is 26.8 Å². The second kappa shape index (κ2) is 8.66. The van der Waals surface area contributed by atoms with E-state index in [-0.39, 0.29) is 16.1 Å². The van der Waals surface area contributed by atoms with Crippen LogP contribution < -0.4 is 9.62 Å². The lowest BCUT2D eigenvalue weighted by Crippen LogP contribution is -2.45. The van der Waals surface area contributed by atoms with Crippen molar-refractivity contribution in [1.29, 1.82) is 0 Å². The fourth-order valence-corrected chi connectivity index (χ4v) is 5.07. The summed E-state index contributed by atoms with van der Waals surface area (Å²) in [7, 11) is -1.94. The lowest BCUT2D eigenvalue weighted by atomic mass is 10.0. The fraction of sp³-hybridized carbons (Fsp3) is 0.400. The van der Waals surface area contributed by atoms with Crippen LogP contribution in [0.15, 0.2) is 41.3 Å². The molecule has 0 bridgehead atoms. The largest absolute Gasteiger partial charge is 0.369 e. The monoisotopic (exact) mass is 436 g/mol. The molecule has 1 aliphatic rings. The Morgan fingerprint density at radius 3 is 2.40 bits per heavy atom. The SMILES string of the molecule is Cc1cc([N+](=O)[O-])ccc1S(=O)(=O)NC(C)c1cc(F)ccc1N1CCN(C)CC1. The van der Waals surface area contributed by atoms with E-state index in [4.69, 9.17) is 0 Å². The highest BCUT2D eigenvalue weighted by Gasteiger charge is 2.25. The molecule has 2 aromatic rings. The number of nitrogens with one attached hydrogen (secondary N) is 1. The van der Waals surface area contributed by atoms with Gasteiger partial charge in [-0.05, 0) is 56.3 Å². The maximum absolute atomic E-state index is 14.0. The third-order valence-corrected chi connectivity index (χ3v) is 6.99. The lowest BCUT2D eigenvalue weighted by Gasteiger charge is -2.36. The number of nitrogens with zero attached hydrogens (tertiary/aromatic N) is 3. The molecule has 0 aliphatic carbocycles. The Morgan fingerprint density at radius 1 is 1.13 bits per heavy atom. The van der Waals surface area contributed by atoms with E-state index in [0.717, 1.165) is 37.9 Å². The van der Waals surface area contributed by atoms with Crippen LogP contribution in [-0.2, 0) is 10.0 Å². The quantitative estimate of drug-likeness (QED) is 0.553. The maximum Gasteiger partial charge on any atom is 0.269 e. The maximum atomic E-state index is 14.0. The number of nitro benzene ring substituents is 1. The van der Waals surface area contributed by atoms with Gasteiger partial charge in [0.25, 0.3) is 5.69 Å². The number of piperazine rings is 1. The molecule has 0 amide bonds. The van der Waals surface area contributed by atoms with Crippen LogP contribution in [0.25, 0.3) is 0 Å². The van der Waals surface area contributed by atoms with Gasteiger partial charge in [0, 0.05) is 50.0 Å². The minimum absolute atomic E-state index is 0.0440. The van der Waals surface area contributed by atoms with E-state index in [1.165, 1.54) is 31.2 Å². The van der Waals surface area contributed by atoms with Crippen molar-refractivity contribution in [3.8, 4) is 0 Å². The van der Waals surface area contributed by atoms with Crippen LogP contribution in [0.2, 0.25) is 0 Å². The first kappa shape index (κ1) is 22.1. The van der Waals surface area contributed by atoms with Crippen LogP contribution in [0.1, 0.15) is 24.1 Å². The molecule has 8 nitrogen and oxygen atoms in total. The Labute approximate surface area is 175 Å². The molecule has 3 rings (SSSR count). The molecule has 1 heterocycles. The molecular formula is C20H25FN4O4S. The first-order valence-corrected chi connectivity index (χ1v) is 11.1. The zero-order valence-electron chi connectivity index (χ0n) is 17.1. The number of hydrogen-bond acceptors (Lipinski definition) is 6. The van der Waals surface area contributed by atoms with E-state index in [1.807, 2.05) is 7.05 Å². The molecule has 0 radical (unpaired) electrons. The van der Waals surface area contributed by atoms with Gasteiger partial charge in [0.15, 0.2) is 0 Å². The van der Waals surface area contributed by atoms with E-state index in [0.29, 0.717) is 5.56 Å². The minimum Gasteiger partial charge on any atom is -0.369 e. The van der Waals surface area contributed by atoms with Crippen molar-refractivity contribution in [1.82, 2.24) is 9.62 Å². The predicted octanol–water partition coefficient (Wildman–Crippen LogP) is 2.83. The van der Waals surface area contributed by atoms with Gasteiger partial charge in [-0.15, -0.1) is 0 Å². The number of halogens is 1. The normalized spacial score (nSPS) is 16.5.